The number of ether oxygens (including phenoxy) is 1. The molecule has 0 unspecified atom stereocenters. The molecule has 2 rings (SSSR count). The molecular formula is C13H18N2O2. The lowest BCUT2D eigenvalue weighted by Gasteiger charge is -2.09. The van der Waals surface area contributed by atoms with Crippen LogP contribution in [0.4, 0.5) is 11.4 Å². The number of nitrogen functional groups attached to an aromatic ring is 1. The largest absolute Gasteiger partial charge is 0.399 e. The summed E-state index contributed by atoms with van der Waals surface area (Å²) in [4.78, 5) is 11.6. The highest BCUT2D eigenvalue weighted by Crippen LogP contribution is 2.28. The molecule has 17 heavy (non-hydrogen) atoms. The smallest absolute Gasteiger partial charge is 0.250 e. The van der Waals surface area contributed by atoms with Crippen LogP contribution in [0, 0.1) is 12.8 Å². The zero-order valence-electron chi connectivity index (χ0n) is 10.0. The van der Waals surface area contributed by atoms with Crippen LogP contribution in [0.25, 0.3) is 0 Å². The van der Waals surface area contributed by atoms with Crippen LogP contribution in [0.5, 0.6) is 0 Å². The zero-order chi connectivity index (χ0) is 12.3. The van der Waals surface area contributed by atoms with Crippen molar-refractivity contribution in [2.75, 3.05) is 24.3 Å². The van der Waals surface area contributed by atoms with Gasteiger partial charge in [0, 0.05) is 11.4 Å². The van der Waals surface area contributed by atoms with Gasteiger partial charge in [0.25, 0.3) is 0 Å². The summed E-state index contributed by atoms with van der Waals surface area (Å²) in [5, 5.41) is 2.80. The molecule has 1 aliphatic carbocycles. The lowest BCUT2D eigenvalue weighted by atomic mass is 10.2. The van der Waals surface area contributed by atoms with Crippen LogP contribution in [0.2, 0.25) is 0 Å². The van der Waals surface area contributed by atoms with Crippen molar-refractivity contribution in [1.82, 2.24) is 0 Å². The Morgan fingerprint density at radius 3 is 3.00 bits per heavy atom. The number of hydrogen-bond donors (Lipinski definition) is 2. The topological polar surface area (TPSA) is 64.3 Å². The minimum atomic E-state index is -0.126. The average Bonchev–Trinajstić information content (AvgIpc) is 3.07. The fourth-order valence-electron chi connectivity index (χ4n) is 1.56. The molecule has 0 saturated heterocycles. The van der Waals surface area contributed by atoms with Gasteiger partial charge in [0.2, 0.25) is 5.91 Å². The van der Waals surface area contributed by atoms with E-state index in [1.54, 1.807) is 6.07 Å². The predicted molar refractivity (Wildman–Crippen MR) is 67.8 cm³/mol. The number of nitrogens with one attached hydrogen (secondary N) is 1. The van der Waals surface area contributed by atoms with Crippen LogP contribution >= 0.6 is 0 Å². The number of aryl methyl sites for hydroxylation is 1. The van der Waals surface area contributed by atoms with Gasteiger partial charge in [0.05, 0.1) is 6.61 Å². The van der Waals surface area contributed by atoms with E-state index in [0.29, 0.717) is 18.2 Å². The summed E-state index contributed by atoms with van der Waals surface area (Å²) in [7, 11) is 0. The van der Waals surface area contributed by atoms with E-state index in [1.165, 1.54) is 12.8 Å². The zero-order valence-corrected chi connectivity index (χ0v) is 10.0. The Bertz CT molecular complexity index is 414. The van der Waals surface area contributed by atoms with Gasteiger partial charge in [-0.1, -0.05) is 6.07 Å². The summed E-state index contributed by atoms with van der Waals surface area (Å²) in [6, 6.07) is 5.46. The minimum Gasteiger partial charge on any atom is -0.399 e. The van der Waals surface area contributed by atoms with Crippen LogP contribution in [0.1, 0.15) is 18.4 Å². The molecule has 92 valence electrons. The third-order valence-electron chi connectivity index (χ3n) is 2.82. The van der Waals surface area contributed by atoms with Crippen molar-refractivity contribution in [3.8, 4) is 0 Å². The molecular weight excluding hydrogens is 216 g/mol. The SMILES string of the molecule is Cc1ccc(N)cc1NC(=O)COCC1CC1. The van der Waals surface area contributed by atoms with Gasteiger partial charge in [-0.25, -0.2) is 0 Å². The molecule has 4 heteroatoms. The Morgan fingerprint density at radius 1 is 1.53 bits per heavy atom. The molecule has 1 aliphatic rings. The maximum absolute atomic E-state index is 11.6. The van der Waals surface area contributed by atoms with Crippen molar-refractivity contribution >= 4 is 17.3 Å². The van der Waals surface area contributed by atoms with Gasteiger partial charge in [-0.3, -0.25) is 4.79 Å². The van der Waals surface area contributed by atoms with E-state index in [4.69, 9.17) is 10.5 Å². The van der Waals surface area contributed by atoms with Crippen LogP contribution in [0.15, 0.2) is 18.2 Å². The molecule has 3 N–H and O–H groups in total. The summed E-state index contributed by atoms with van der Waals surface area (Å²) >= 11 is 0. The van der Waals surface area contributed by atoms with E-state index in [-0.39, 0.29) is 12.5 Å². The molecule has 1 saturated carbocycles. The lowest BCUT2D eigenvalue weighted by molar-refractivity contribution is -0.120. The van der Waals surface area contributed by atoms with E-state index < -0.39 is 0 Å². The Labute approximate surface area is 101 Å². The van der Waals surface area contributed by atoms with Gasteiger partial charge < -0.3 is 15.8 Å². The van der Waals surface area contributed by atoms with Crippen molar-refractivity contribution < 1.29 is 9.53 Å². The number of amides is 1. The van der Waals surface area contributed by atoms with Gasteiger partial charge in [-0.05, 0) is 43.4 Å². The highest BCUT2D eigenvalue weighted by Gasteiger charge is 2.21. The molecule has 1 fully saturated rings. The molecule has 4 nitrogen and oxygen atoms in total. The number of nitrogens with two attached hydrogens (primary N) is 1. The van der Waals surface area contributed by atoms with E-state index in [2.05, 4.69) is 5.32 Å². The number of hydrogen-bond acceptors (Lipinski definition) is 3. The van der Waals surface area contributed by atoms with E-state index in [0.717, 1.165) is 11.3 Å². The lowest BCUT2D eigenvalue weighted by Crippen LogP contribution is -2.19. The Hall–Kier alpha value is -1.55. The molecule has 0 atom stereocenters. The molecule has 1 amide bonds. The number of carbonyl (C=O) groups is 1. The molecule has 0 radical (unpaired) electrons. The maximum atomic E-state index is 11.6. The maximum Gasteiger partial charge on any atom is 0.250 e. The standard InChI is InChI=1S/C13H18N2O2/c1-9-2-5-11(14)6-12(9)15-13(16)8-17-7-10-3-4-10/h2,5-6,10H,3-4,7-8,14H2,1H3,(H,15,16). The van der Waals surface area contributed by atoms with Gasteiger partial charge in [0.15, 0.2) is 0 Å². The fraction of sp³-hybridized carbons (Fsp3) is 0.462. The fourth-order valence-corrected chi connectivity index (χ4v) is 1.56. The van der Waals surface area contributed by atoms with Gasteiger partial charge in [0.1, 0.15) is 6.61 Å². The van der Waals surface area contributed by atoms with Crippen molar-refractivity contribution in [2.45, 2.75) is 19.8 Å². The molecule has 0 aromatic heterocycles. The molecule has 0 aliphatic heterocycles. The van der Waals surface area contributed by atoms with E-state index >= 15 is 0 Å². The highest BCUT2D eigenvalue weighted by atomic mass is 16.5. The first-order chi connectivity index (χ1) is 8.15. The Balaban J connectivity index is 1.81. The molecule has 0 bridgehead atoms. The predicted octanol–water partition coefficient (Wildman–Crippen LogP) is 1.94. The second-order valence-electron chi connectivity index (χ2n) is 4.58. The molecule has 0 spiro atoms. The van der Waals surface area contributed by atoms with Gasteiger partial charge in [-0.15, -0.1) is 0 Å². The Morgan fingerprint density at radius 2 is 2.29 bits per heavy atom. The average molecular weight is 234 g/mol. The molecule has 0 heterocycles. The van der Waals surface area contributed by atoms with Crippen LogP contribution < -0.4 is 11.1 Å². The van der Waals surface area contributed by atoms with Crippen LogP contribution in [-0.4, -0.2) is 19.1 Å². The summed E-state index contributed by atoms with van der Waals surface area (Å²) in [6.45, 7) is 2.74. The van der Waals surface area contributed by atoms with Gasteiger partial charge in [-0.2, -0.15) is 0 Å². The van der Waals surface area contributed by atoms with Crippen molar-refractivity contribution in [3.05, 3.63) is 23.8 Å². The first-order valence-electron chi connectivity index (χ1n) is 5.89. The third-order valence-corrected chi connectivity index (χ3v) is 2.82. The first-order valence-corrected chi connectivity index (χ1v) is 5.89. The highest BCUT2D eigenvalue weighted by molar-refractivity contribution is 5.92. The molecule has 1 aromatic rings. The minimum absolute atomic E-state index is 0.116. The number of rotatable bonds is 5. The summed E-state index contributed by atoms with van der Waals surface area (Å²) in [5.74, 6) is 0.552. The van der Waals surface area contributed by atoms with E-state index in [1.807, 2.05) is 19.1 Å². The normalized spacial score (nSPS) is 14.6. The third kappa shape index (κ3) is 3.75. The summed E-state index contributed by atoms with van der Waals surface area (Å²) in [5.41, 5.74) is 8.06. The van der Waals surface area contributed by atoms with E-state index in [9.17, 15) is 4.79 Å². The second-order valence-corrected chi connectivity index (χ2v) is 4.58. The number of benzene rings is 1. The van der Waals surface area contributed by atoms with Crippen LogP contribution in [0.3, 0.4) is 0 Å². The Kier molecular flexibility index (Phi) is 3.64. The second kappa shape index (κ2) is 5.19. The van der Waals surface area contributed by atoms with Crippen molar-refractivity contribution in [2.24, 2.45) is 5.92 Å². The van der Waals surface area contributed by atoms with Gasteiger partial charge >= 0.3 is 0 Å². The quantitative estimate of drug-likeness (QED) is 0.765. The first kappa shape index (κ1) is 11.9. The summed E-state index contributed by atoms with van der Waals surface area (Å²) < 4.78 is 5.32. The summed E-state index contributed by atoms with van der Waals surface area (Å²) in [6.07, 6.45) is 2.46. The van der Waals surface area contributed by atoms with Crippen molar-refractivity contribution in [1.29, 1.82) is 0 Å². The molecule has 1 aromatic carbocycles. The van der Waals surface area contributed by atoms with Crippen molar-refractivity contribution in [3.63, 3.8) is 0 Å². The monoisotopic (exact) mass is 234 g/mol. The number of carbonyl (C=O) groups excluding carboxylic acids is 1. The number of anilines is 2. The van der Waals surface area contributed by atoms with Crippen LogP contribution in [-0.2, 0) is 9.53 Å².